The Morgan fingerprint density at radius 2 is 1.81 bits per heavy atom. The van der Waals surface area contributed by atoms with Crippen LogP contribution in [0.15, 0.2) is 29.4 Å². The van der Waals surface area contributed by atoms with Gasteiger partial charge in [0.05, 0.1) is 18.3 Å². The molecule has 47 heavy (non-hydrogen) atoms. The Morgan fingerprint density at radius 1 is 1.09 bits per heavy atom. The van der Waals surface area contributed by atoms with Crippen LogP contribution in [0.5, 0.6) is 0 Å². The molecule has 1 aromatic carbocycles. The lowest BCUT2D eigenvalue weighted by Gasteiger charge is -2.36. The number of amides is 4. The first-order valence-corrected chi connectivity index (χ1v) is 17.4. The zero-order chi connectivity index (χ0) is 33.9. The molecule has 1 aromatic rings. The van der Waals surface area contributed by atoms with Crippen LogP contribution in [-0.4, -0.2) is 76.3 Å². The molecule has 1 unspecified atom stereocenters. The van der Waals surface area contributed by atoms with Gasteiger partial charge in [0.2, 0.25) is 23.5 Å². The molecule has 5 rings (SSSR count). The van der Waals surface area contributed by atoms with Crippen molar-refractivity contribution in [1.82, 2.24) is 20.9 Å². The Bertz CT molecular complexity index is 1420. The summed E-state index contributed by atoms with van der Waals surface area (Å²) in [5, 5.41) is 13.4. The van der Waals surface area contributed by atoms with Crippen LogP contribution in [0.2, 0.25) is 5.02 Å². The van der Waals surface area contributed by atoms with Crippen molar-refractivity contribution in [2.24, 2.45) is 16.5 Å². The maximum atomic E-state index is 14.5. The number of carbonyl (C=O) groups excluding carboxylic acids is 5. The monoisotopic (exact) mass is 669 g/mol. The molecule has 1 spiro atoms. The highest BCUT2D eigenvalue weighted by atomic mass is 35.5. The van der Waals surface area contributed by atoms with Gasteiger partial charge in [-0.2, -0.15) is 0 Å². The van der Waals surface area contributed by atoms with E-state index >= 15 is 0 Å². The molecule has 2 saturated carbocycles. The van der Waals surface area contributed by atoms with Crippen molar-refractivity contribution in [1.29, 1.82) is 0 Å². The van der Waals surface area contributed by atoms with Gasteiger partial charge in [-0.3, -0.25) is 24.0 Å². The zero-order valence-corrected chi connectivity index (χ0v) is 28.7. The lowest BCUT2D eigenvalue weighted by atomic mass is 9.85. The topological polar surface area (TPSA) is 146 Å². The molecule has 2 heterocycles. The van der Waals surface area contributed by atoms with E-state index in [2.05, 4.69) is 21.1 Å². The molecular weight excluding hydrogens is 622 g/mol. The van der Waals surface area contributed by atoms with Gasteiger partial charge in [-0.1, -0.05) is 75.8 Å². The molecule has 4 amide bonds. The second-order valence-corrected chi connectivity index (χ2v) is 15.3. The summed E-state index contributed by atoms with van der Waals surface area (Å²) >= 11 is 6.24. The van der Waals surface area contributed by atoms with Gasteiger partial charge < -0.3 is 25.7 Å². The van der Waals surface area contributed by atoms with E-state index in [-0.39, 0.29) is 31.3 Å². The number of benzene rings is 1. The summed E-state index contributed by atoms with van der Waals surface area (Å²) in [6.07, 6.45) is 7.51. The number of hydrogen-bond donors (Lipinski definition) is 3. The highest BCUT2D eigenvalue weighted by molar-refractivity contribution is 6.38. The lowest BCUT2D eigenvalue weighted by molar-refractivity contribution is -0.145. The van der Waals surface area contributed by atoms with Crippen molar-refractivity contribution in [3.8, 4) is 0 Å². The minimum Gasteiger partial charge on any atom is -0.387 e. The molecule has 3 N–H and O–H groups in total. The van der Waals surface area contributed by atoms with Gasteiger partial charge in [0.15, 0.2) is 5.60 Å². The number of oxime groups is 1. The molecule has 12 heteroatoms. The van der Waals surface area contributed by atoms with Crippen LogP contribution in [0.3, 0.4) is 0 Å². The van der Waals surface area contributed by atoms with Crippen molar-refractivity contribution in [3.63, 3.8) is 0 Å². The van der Waals surface area contributed by atoms with E-state index in [1.54, 1.807) is 12.1 Å². The Balaban J connectivity index is 1.38. The molecule has 0 bridgehead atoms. The first kappa shape index (κ1) is 34.9. The van der Waals surface area contributed by atoms with Crippen LogP contribution in [0.4, 0.5) is 0 Å². The quantitative estimate of drug-likeness (QED) is 0.286. The Kier molecular flexibility index (Phi) is 10.6. The summed E-state index contributed by atoms with van der Waals surface area (Å²) < 4.78 is 0. The average molecular weight is 670 g/mol. The summed E-state index contributed by atoms with van der Waals surface area (Å²) in [5.41, 5.74) is -0.241. The molecule has 1 saturated heterocycles. The Morgan fingerprint density at radius 3 is 2.45 bits per heavy atom. The standard InChI is InChI=1S/C35H48ClN5O6/c1-5-9-25(29(43)32(45)37-24-14-15-24)38-31(44)27-19-35(18-26(40-47-35)22-12-8-13-23(36)17-22)20-41(27)33(46)30(34(2,3)4)39-28(42)16-21-10-6-7-11-21/h8,12-13,17,21,24-25,27,30H,5-7,9-11,14-16,18-20H2,1-4H3,(H,37,45)(H,38,44)(H,39,42)/t25-,27-,30+,35?/m0/s1. The molecule has 2 aliphatic carbocycles. The molecule has 11 nitrogen and oxygen atoms in total. The first-order chi connectivity index (χ1) is 22.3. The van der Waals surface area contributed by atoms with Gasteiger partial charge >= 0.3 is 0 Å². The van der Waals surface area contributed by atoms with Crippen LogP contribution in [-0.2, 0) is 28.8 Å². The number of rotatable bonds is 12. The number of Topliss-reactive ketones (excluding diaryl/α,β-unsaturated/α-hetero) is 1. The number of likely N-dealkylation sites (tertiary alicyclic amines) is 1. The third kappa shape index (κ3) is 8.52. The highest BCUT2D eigenvalue weighted by Gasteiger charge is 2.55. The third-order valence-corrected chi connectivity index (χ3v) is 9.93. The average Bonchev–Trinajstić information content (AvgIpc) is 3.37. The van der Waals surface area contributed by atoms with Crippen LogP contribution < -0.4 is 16.0 Å². The summed E-state index contributed by atoms with van der Waals surface area (Å²) in [6, 6.07) is 4.27. The second-order valence-electron chi connectivity index (χ2n) is 14.9. The maximum absolute atomic E-state index is 14.5. The van der Waals surface area contributed by atoms with E-state index in [1.165, 1.54) is 4.90 Å². The third-order valence-electron chi connectivity index (χ3n) is 9.70. The Labute approximate surface area is 281 Å². The first-order valence-electron chi connectivity index (χ1n) is 17.0. The molecule has 0 radical (unpaired) electrons. The van der Waals surface area contributed by atoms with E-state index < -0.39 is 52.6 Å². The second kappa shape index (κ2) is 14.3. The van der Waals surface area contributed by atoms with Crippen molar-refractivity contribution in [2.45, 2.75) is 128 Å². The van der Waals surface area contributed by atoms with Crippen molar-refractivity contribution < 1.29 is 28.8 Å². The molecule has 3 fully saturated rings. The maximum Gasteiger partial charge on any atom is 0.289 e. The molecule has 0 aromatic heterocycles. The van der Waals surface area contributed by atoms with E-state index in [9.17, 15) is 24.0 Å². The lowest BCUT2D eigenvalue weighted by Crippen LogP contribution is -2.59. The number of carbonyl (C=O) groups is 5. The summed E-state index contributed by atoms with van der Waals surface area (Å²) in [4.78, 5) is 75.1. The van der Waals surface area contributed by atoms with Crippen LogP contribution in [0.1, 0.15) is 104 Å². The smallest absolute Gasteiger partial charge is 0.289 e. The van der Waals surface area contributed by atoms with Gasteiger partial charge in [-0.15, -0.1) is 0 Å². The van der Waals surface area contributed by atoms with Gasteiger partial charge in [-0.05, 0) is 55.6 Å². The SMILES string of the molecule is CCC[C@H](NC(=O)[C@@H]1CC2(CC(c3cccc(Cl)c3)=NO2)CN1C(=O)[C@@H](NC(=O)CC1CCCC1)C(C)(C)C)C(=O)C(=O)NC1CC1. The fourth-order valence-corrected chi connectivity index (χ4v) is 7.12. The fraction of sp³-hybridized carbons (Fsp3) is 0.657. The fourth-order valence-electron chi connectivity index (χ4n) is 6.93. The molecule has 4 atom stereocenters. The van der Waals surface area contributed by atoms with Crippen molar-refractivity contribution in [2.75, 3.05) is 6.54 Å². The summed E-state index contributed by atoms with van der Waals surface area (Å²) in [6.45, 7) is 7.57. The van der Waals surface area contributed by atoms with Gasteiger partial charge in [0.1, 0.15) is 12.1 Å². The summed E-state index contributed by atoms with van der Waals surface area (Å²) in [7, 11) is 0. The number of nitrogens with zero attached hydrogens (tertiary/aromatic N) is 2. The number of nitrogens with one attached hydrogen (secondary N) is 3. The number of hydrogen-bond acceptors (Lipinski definition) is 7. The largest absolute Gasteiger partial charge is 0.387 e. The number of ketones is 1. The van der Waals surface area contributed by atoms with E-state index in [0.717, 1.165) is 44.1 Å². The van der Waals surface area contributed by atoms with Gasteiger partial charge in [-0.25, -0.2) is 0 Å². The van der Waals surface area contributed by atoms with E-state index in [1.807, 2.05) is 39.8 Å². The van der Waals surface area contributed by atoms with E-state index in [0.29, 0.717) is 35.9 Å². The minimum atomic E-state index is -1.04. The van der Waals surface area contributed by atoms with Crippen LogP contribution in [0.25, 0.3) is 0 Å². The highest BCUT2D eigenvalue weighted by Crippen LogP contribution is 2.40. The summed E-state index contributed by atoms with van der Waals surface area (Å²) in [5.74, 6) is -2.24. The van der Waals surface area contributed by atoms with Crippen molar-refractivity contribution in [3.05, 3.63) is 34.9 Å². The minimum absolute atomic E-state index is 0.00125. The molecule has 4 aliphatic rings. The van der Waals surface area contributed by atoms with Gasteiger partial charge in [0.25, 0.3) is 5.91 Å². The molecule has 2 aliphatic heterocycles. The van der Waals surface area contributed by atoms with Gasteiger partial charge in [0, 0.05) is 35.9 Å². The normalized spacial score (nSPS) is 24.0. The van der Waals surface area contributed by atoms with E-state index in [4.69, 9.17) is 16.4 Å². The molecule has 256 valence electrons. The van der Waals surface area contributed by atoms with Crippen molar-refractivity contribution >= 4 is 46.7 Å². The number of halogens is 1. The predicted molar refractivity (Wildman–Crippen MR) is 178 cm³/mol. The zero-order valence-electron chi connectivity index (χ0n) is 27.9. The van der Waals surface area contributed by atoms with Crippen LogP contribution >= 0.6 is 11.6 Å². The predicted octanol–water partition coefficient (Wildman–Crippen LogP) is 4.05. The molecular formula is C35H48ClN5O6. The Hall–Kier alpha value is -3.47. The van der Waals surface area contributed by atoms with Crippen LogP contribution in [0, 0.1) is 11.3 Å².